The molecule has 0 saturated carbocycles. The molecule has 0 fully saturated rings. The third kappa shape index (κ3) is 6.16. The van der Waals surface area contributed by atoms with E-state index in [-0.39, 0.29) is 29.8 Å². The number of hydrogen-bond donors (Lipinski definition) is 1. The predicted molar refractivity (Wildman–Crippen MR) is 114 cm³/mol. The maximum atomic E-state index is 12.7. The SMILES string of the molecule is CCC(CC)(CC(=O)c1ccc(Oc2ccc(C(=O)CCl)cc2)cc1)NC(C)=O. The lowest BCUT2D eigenvalue weighted by atomic mass is 9.85. The minimum atomic E-state index is -0.527. The molecule has 0 aliphatic heterocycles. The van der Waals surface area contributed by atoms with Crippen molar-refractivity contribution in [2.24, 2.45) is 0 Å². The van der Waals surface area contributed by atoms with E-state index in [0.29, 0.717) is 35.5 Å². The van der Waals surface area contributed by atoms with Gasteiger partial charge in [-0.3, -0.25) is 14.4 Å². The van der Waals surface area contributed by atoms with Gasteiger partial charge in [-0.1, -0.05) is 13.8 Å². The molecule has 29 heavy (non-hydrogen) atoms. The summed E-state index contributed by atoms with van der Waals surface area (Å²) in [5, 5.41) is 2.94. The van der Waals surface area contributed by atoms with E-state index < -0.39 is 5.54 Å². The number of halogens is 1. The summed E-state index contributed by atoms with van der Waals surface area (Å²) in [6, 6.07) is 13.6. The topological polar surface area (TPSA) is 72.5 Å². The zero-order valence-corrected chi connectivity index (χ0v) is 17.7. The standard InChI is InChI=1S/C23H26ClNO4/c1-4-23(5-2,25-16(3)26)14-21(27)17-6-10-19(11-7-17)29-20-12-8-18(9-13-20)22(28)15-24/h6-13H,4-5,14-15H2,1-3H3,(H,25,26). The zero-order valence-electron chi connectivity index (χ0n) is 17.0. The molecule has 1 N–H and O–H groups in total. The van der Waals surface area contributed by atoms with Gasteiger partial charge in [0.1, 0.15) is 11.5 Å². The van der Waals surface area contributed by atoms with Crippen LogP contribution in [0, 0.1) is 0 Å². The van der Waals surface area contributed by atoms with Crippen molar-refractivity contribution in [2.75, 3.05) is 5.88 Å². The maximum absolute atomic E-state index is 12.7. The van der Waals surface area contributed by atoms with Crippen LogP contribution in [0.5, 0.6) is 11.5 Å². The molecule has 0 atom stereocenters. The highest BCUT2D eigenvalue weighted by Crippen LogP contribution is 2.25. The summed E-state index contributed by atoms with van der Waals surface area (Å²) in [6.07, 6.45) is 1.60. The van der Waals surface area contributed by atoms with Crippen LogP contribution in [0.4, 0.5) is 0 Å². The van der Waals surface area contributed by atoms with Crippen LogP contribution in [0.1, 0.15) is 60.7 Å². The van der Waals surface area contributed by atoms with Crippen molar-refractivity contribution in [3.8, 4) is 11.5 Å². The van der Waals surface area contributed by atoms with Crippen LogP contribution in [0.3, 0.4) is 0 Å². The van der Waals surface area contributed by atoms with Crippen LogP contribution in [-0.4, -0.2) is 28.9 Å². The number of carbonyl (C=O) groups excluding carboxylic acids is 3. The molecule has 2 aromatic rings. The number of ether oxygens (including phenoxy) is 1. The Hall–Kier alpha value is -2.66. The number of alkyl halides is 1. The Bertz CT molecular complexity index is 855. The number of Topliss-reactive ketones (excluding diaryl/α,β-unsaturated/α-hetero) is 2. The van der Waals surface area contributed by atoms with Gasteiger partial charge in [0.2, 0.25) is 5.91 Å². The fourth-order valence-corrected chi connectivity index (χ4v) is 3.29. The first-order valence-corrected chi connectivity index (χ1v) is 10.1. The van der Waals surface area contributed by atoms with Gasteiger partial charge in [0, 0.05) is 30.0 Å². The van der Waals surface area contributed by atoms with E-state index in [9.17, 15) is 14.4 Å². The molecule has 1 amide bonds. The largest absolute Gasteiger partial charge is 0.457 e. The quantitative estimate of drug-likeness (QED) is 0.429. The third-order valence-corrected chi connectivity index (χ3v) is 5.25. The monoisotopic (exact) mass is 415 g/mol. The minimum Gasteiger partial charge on any atom is -0.457 e. The fraction of sp³-hybridized carbons (Fsp3) is 0.348. The van der Waals surface area contributed by atoms with Gasteiger partial charge in [-0.15, -0.1) is 11.6 Å². The number of hydrogen-bond acceptors (Lipinski definition) is 4. The van der Waals surface area contributed by atoms with Crippen LogP contribution >= 0.6 is 11.6 Å². The molecule has 0 aromatic heterocycles. The second kappa shape index (κ2) is 10.2. The Labute approximate surface area is 176 Å². The molecule has 0 aliphatic rings. The van der Waals surface area contributed by atoms with Crippen molar-refractivity contribution in [1.82, 2.24) is 5.32 Å². The van der Waals surface area contributed by atoms with Gasteiger partial charge in [-0.05, 0) is 61.4 Å². The Morgan fingerprint density at radius 1 is 0.862 bits per heavy atom. The highest BCUT2D eigenvalue weighted by Gasteiger charge is 2.30. The molecule has 5 nitrogen and oxygen atoms in total. The number of rotatable bonds is 10. The Kier molecular flexibility index (Phi) is 7.97. The summed E-state index contributed by atoms with van der Waals surface area (Å²) in [6.45, 7) is 5.40. The first kappa shape index (κ1) is 22.6. The maximum Gasteiger partial charge on any atom is 0.217 e. The van der Waals surface area contributed by atoms with Crippen LogP contribution in [0.25, 0.3) is 0 Å². The van der Waals surface area contributed by atoms with Crippen molar-refractivity contribution >= 4 is 29.1 Å². The summed E-state index contributed by atoms with van der Waals surface area (Å²) < 4.78 is 5.76. The molecule has 0 heterocycles. The fourth-order valence-electron chi connectivity index (χ4n) is 3.13. The molecular formula is C23H26ClNO4. The van der Waals surface area contributed by atoms with E-state index in [4.69, 9.17) is 16.3 Å². The van der Waals surface area contributed by atoms with E-state index in [1.807, 2.05) is 13.8 Å². The molecule has 0 bridgehead atoms. The summed E-state index contributed by atoms with van der Waals surface area (Å²) in [5.41, 5.74) is 0.570. The summed E-state index contributed by atoms with van der Waals surface area (Å²) in [7, 11) is 0. The molecular weight excluding hydrogens is 390 g/mol. The van der Waals surface area contributed by atoms with E-state index in [1.54, 1.807) is 48.5 Å². The molecule has 154 valence electrons. The number of carbonyl (C=O) groups is 3. The van der Waals surface area contributed by atoms with Gasteiger partial charge in [-0.25, -0.2) is 0 Å². The van der Waals surface area contributed by atoms with Gasteiger partial charge in [-0.2, -0.15) is 0 Å². The lowest BCUT2D eigenvalue weighted by Crippen LogP contribution is -2.48. The second-order valence-corrected chi connectivity index (χ2v) is 7.24. The molecule has 0 saturated heterocycles. The molecule has 6 heteroatoms. The normalized spacial score (nSPS) is 11.0. The van der Waals surface area contributed by atoms with Crippen molar-refractivity contribution in [3.63, 3.8) is 0 Å². The van der Waals surface area contributed by atoms with Crippen LogP contribution < -0.4 is 10.1 Å². The van der Waals surface area contributed by atoms with Gasteiger partial charge in [0.05, 0.1) is 5.88 Å². The van der Waals surface area contributed by atoms with Crippen molar-refractivity contribution < 1.29 is 19.1 Å². The molecule has 0 aliphatic carbocycles. The van der Waals surface area contributed by atoms with Crippen LogP contribution in [-0.2, 0) is 4.79 Å². The first-order chi connectivity index (χ1) is 13.8. The van der Waals surface area contributed by atoms with Gasteiger partial charge in [0.15, 0.2) is 11.6 Å². The second-order valence-electron chi connectivity index (χ2n) is 6.98. The van der Waals surface area contributed by atoms with Crippen LogP contribution in [0.2, 0.25) is 0 Å². The summed E-state index contributed by atoms with van der Waals surface area (Å²) in [4.78, 5) is 35.8. The van der Waals surface area contributed by atoms with Crippen molar-refractivity contribution in [2.45, 2.75) is 45.6 Å². The average Bonchev–Trinajstić information content (AvgIpc) is 2.73. The van der Waals surface area contributed by atoms with Gasteiger partial charge >= 0.3 is 0 Å². The van der Waals surface area contributed by atoms with E-state index in [2.05, 4.69) is 5.32 Å². The molecule has 2 aromatic carbocycles. The molecule has 0 radical (unpaired) electrons. The van der Waals surface area contributed by atoms with Crippen LogP contribution in [0.15, 0.2) is 48.5 Å². The Morgan fingerprint density at radius 2 is 1.31 bits per heavy atom. The number of ketones is 2. The predicted octanol–water partition coefficient (Wildman–Crippen LogP) is 5.17. The third-order valence-electron chi connectivity index (χ3n) is 5.00. The highest BCUT2D eigenvalue weighted by molar-refractivity contribution is 6.30. The molecule has 2 rings (SSSR count). The van der Waals surface area contributed by atoms with Gasteiger partial charge in [0.25, 0.3) is 0 Å². The number of amides is 1. The minimum absolute atomic E-state index is 0.0297. The van der Waals surface area contributed by atoms with E-state index >= 15 is 0 Å². The Morgan fingerprint density at radius 3 is 1.69 bits per heavy atom. The van der Waals surface area contributed by atoms with Crippen molar-refractivity contribution in [1.29, 1.82) is 0 Å². The zero-order chi connectivity index (χ0) is 21.4. The van der Waals surface area contributed by atoms with Crippen molar-refractivity contribution in [3.05, 3.63) is 59.7 Å². The summed E-state index contributed by atoms with van der Waals surface area (Å²) in [5.74, 6) is 0.793. The lowest BCUT2D eigenvalue weighted by molar-refractivity contribution is -0.120. The van der Waals surface area contributed by atoms with E-state index in [0.717, 1.165) is 0 Å². The Balaban J connectivity index is 2.06. The van der Waals surface area contributed by atoms with E-state index in [1.165, 1.54) is 6.92 Å². The van der Waals surface area contributed by atoms with Gasteiger partial charge < -0.3 is 10.1 Å². The molecule has 0 spiro atoms. The lowest BCUT2D eigenvalue weighted by Gasteiger charge is -2.32. The highest BCUT2D eigenvalue weighted by atomic mass is 35.5. The first-order valence-electron chi connectivity index (χ1n) is 9.61. The smallest absolute Gasteiger partial charge is 0.217 e. The number of nitrogens with one attached hydrogen (secondary N) is 1. The average molecular weight is 416 g/mol. The molecule has 0 unspecified atom stereocenters. The number of benzene rings is 2. The summed E-state index contributed by atoms with van der Waals surface area (Å²) >= 11 is 5.55.